The SMILES string of the molecule is Cn1cc(C[C@H]2[C@@H](O)CCN2C(=O)c2ccncc2F)cn1. The fraction of sp³-hybridized carbons (Fsp3) is 0.400. The summed E-state index contributed by atoms with van der Waals surface area (Å²) in [4.78, 5) is 17.7. The minimum absolute atomic E-state index is 0.0136. The summed E-state index contributed by atoms with van der Waals surface area (Å²) >= 11 is 0. The van der Waals surface area contributed by atoms with Gasteiger partial charge < -0.3 is 10.0 Å². The van der Waals surface area contributed by atoms with Gasteiger partial charge in [-0.3, -0.25) is 14.5 Å². The van der Waals surface area contributed by atoms with E-state index in [0.717, 1.165) is 11.8 Å². The molecule has 0 aliphatic carbocycles. The number of pyridine rings is 1. The Balaban J connectivity index is 1.82. The zero-order valence-corrected chi connectivity index (χ0v) is 12.2. The molecule has 1 aliphatic heterocycles. The molecule has 2 aromatic rings. The topological polar surface area (TPSA) is 71.2 Å². The second-order valence-electron chi connectivity index (χ2n) is 5.50. The van der Waals surface area contributed by atoms with Crippen molar-refractivity contribution in [2.24, 2.45) is 7.05 Å². The summed E-state index contributed by atoms with van der Waals surface area (Å²) < 4.78 is 15.4. The van der Waals surface area contributed by atoms with E-state index in [1.807, 2.05) is 13.2 Å². The average molecular weight is 304 g/mol. The normalized spacial score (nSPS) is 21.3. The van der Waals surface area contributed by atoms with Crippen LogP contribution in [0, 0.1) is 5.82 Å². The average Bonchev–Trinajstić information content (AvgIpc) is 3.06. The predicted molar refractivity (Wildman–Crippen MR) is 76.6 cm³/mol. The maximum Gasteiger partial charge on any atom is 0.257 e. The third-order valence-electron chi connectivity index (χ3n) is 3.98. The van der Waals surface area contributed by atoms with Crippen LogP contribution in [0.4, 0.5) is 4.39 Å². The van der Waals surface area contributed by atoms with Gasteiger partial charge in [-0.05, 0) is 24.5 Å². The van der Waals surface area contributed by atoms with E-state index < -0.39 is 17.8 Å². The molecule has 3 heterocycles. The first-order valence-corrected chi connectivity index (χ1v) is 7.12. The van der Waals surface area contributed by atoms with E-state index in [-0.39, 0.29) is 11.6 Å². The first kappa shape index (κ1) is 14.6. The van der Waals surface area contributed by atoms with E-state index in [2.05, 4.69) is 10.1 Å². The molecular formula is C15H17FN4O2. The predicted octanol–water partition coefficient (Wildman–Crippen LogP) is 0.772. The third kappa shape index (κ3) is 2.71. The number of rotatable bonds is 3. The van der Waals surface area contributed by atoms with Crippen molar-refractivity contribution in [2.75, 3.05) is 6.54 Å². The number of aliphatic hydroxyl groups excluding tert-OH is 1. The highest BCUT2D eigenvalue weighted by Crippen LogP contribution is 2.24. The quantitative estimate of drug-likeness (QED) is 0.909. The van der Waals surface area contributed by atoms with Crippen molar-refractivity contribution >= 4 is 5.91 Å². The second kappa shape index (κ2) is 5.84. The van der Waals surface area contributed by atoms with Crippen molar-refractivity contribution in [3.8, 4) is 0 Å². The number of carbonyl (C=O) groups excluding carboxylic acids is 1. The Kier molecular flexibility index (Phi) is 3.89. The standard InChI is InChI=1S/C15H17FN4O2/c1-19-9-10(7-18-19)6-13-14(21)3-5-20(13)15(22)11-2-4-17-8-12(11)16/h2,4,7-9,13-14,21H,3,5-6H2,1H3/t13-,14-/m0/s1. The highest BCUT2D eigenvalue weighted by molar-refractivity contribution is 5.94. The molecule has 6 nitrogen and oxygen atoms in total. The Bertz CT molecular complexity index is 688. The summed E-state index contributed by atoms with van der Waals surface area (Å²) in [5.41, 5.74) is 0.918. The van der Waals surface area contributed by atoms with Crippen LogP contribution in [-0.4, -0.2) is 49.4 Å². The van der Waals surface area contributed by atoms with Crippen molar-refractivity contribution in [1.29, 1.82) is 0 Å². The molecule has 0 spiro atoms. The molecule has 0 unspecified atom stereocenters. The lowest BCUT2D eigenvalue weighted by Gasteiger charge is -2.26. The fourth-order valence-electron chi connectivity index (χ4n) is 2.86. The van der Waals surface area contributed by atoms with Gasteiger partial charge in [0, 0.05) is 26.0 Å². The molecule has 3 rings (SSSR count). The highest BCUT2D eigenvalue weighted by Gasteiger charge is 2.37. The zero-order valence-electron chi connectivity index (χ0n) is 12.2. The number of aliphatic hydroxyl groups is 1. The number of aryl methyl sites for hydroxylation is 1. The minimum Gasteiger partial charge on any atom is -0.391 e. The van der Waals surface area contributed by atoms with Gasteiger partial charge in [0.15, 0.2) is 5.82 Å². The monoisotopic (exact) mass is 304 g/mol. The van der Waals surface area contributed by atoms with Gasteiger partial charge >= 0.3 is 0 Å². The molecule has 1 amide bonds. The van der Waals surface area contributed by atoms with Crippen molar-refractivity contribution in [3.05, 3.63) is 47.8 Å². The lowest BCUT2D eigenvalue weighted by Crippen LogP contribution is -2.41. The Labute approximate surface area is 127 Å². The minimum atomic E-state index is -0.644. The summed E-state index contributed by atoms with van der Waals surface area (Å²) in [6.45, 7) is 0.409. The largest absolute Gasteiger partial charge is 0.391 e. The van der Waals surface area contributed by atoms with E-state index in [1.54, 1.807) is 10.9 Å². The maximum atomic E-state index is 13.8. The molecule has 1 aliphatic rings. The van der Waals surface area contributed by atoms with Gasteiger partial charge in [0.1, 0.15) is 0 Å². The maximum absolute atomic E-state index is 13.8. The highest BCUT2D eigenvalue weighted by atomic mass is 19.1. The molecule has 0 bridgehead atoms. The number of halogens is 1. The van der Waals surface area contributed by atoms with Crippen molar-refractivity contribution in [2.45, 2.75) is 25.0 Å². The van der Waals surface area contributed by atoms with Crippen molar-refractivity contribution in [3.63, 3.8) is 0 Å². The summed E-state index contributed by atoms with van der Waals surface area (Å²) in [6.07, 6.45) is 6.33. The molecule has 1 saturated heterocycles. The van der Waals surface area contributed by atoms with E-state index in [1.165, 1.54) is 17.2 Å². The smallest absolute Gasteiger partial charge is 0.257 e. The van der Waals surface area contributed by atoms with Crippen LogP contribution in [0.3, 0.4) is 0 Å². The summed E-state index contributed by atoms with van der Waals surface area (Å²) in [6, 6.07) is 0.994. The van der Waals surface area contributed by atoms with Crippen LogP contribution in [0.1, 0.15) is 22.3 Å². The van der Waals surface area contributed by atoms with Crippen LogP contribution in [0.25, 0.3) is 0 Å². The van der Waals surface area contributed by atoms with Gasteiger partial charge in [-0.15, -0.1) is 0 Å². The number of aromatic nitrogens is 3. The number of amides is 1. The molecule has 2 aromatic heterocycles. The molecule has 7 heteroatoms. The Morgan fingerprint density at radius 1 is 1.50 bits per heavy atom. The molecule has 0 aromatic carbocycles. The summed E-state index contributed by atoms with van der Waals surface area (Å²) in [5, 5.41) is 14.3. The zero-order chi connectivity index (χ0) is 15.7. The van der Waals surface area contributed by atoms with Gasteiger partial charge in [-0.1, -0.05) is 0 Å². The lowest BCUT2D eigenvalue weighted by molar-refractivity contribution is 0.0635. The van der Waals surface area contributed by atoms with Gasteiger partial charge in [0.25, 0.3) is 5.91 Å². The first-order chi connectivity index (χ1) is 10.6. The Morgan fingerprint density at radius 3 is 3.00 bits per heavy atom. The van der Waals surface area contributed by atoms with Crippen molar-refractivity contribution in [1.82, 2.24) is 19.7 Å². The van der Waals surface area contributed by atoms with Crippen LogP contribution in [-0.2, 0) is 13.5 Å². The lowest BCUT2D eigenvalue weighted by atomic mass is 10.0. The van der Waals surface area contributed by atoms with Gasteiger partial charge in [-0.2, -0.15) is 5.10 Å². The molecule has 1 fully saturated rings. The van der Waals surface area contributed by atoms with Gasteiger partial charge in [0.2, 0.25) is 0 Å². The molecule has 0 radical (unpaired) electrons. The Morgan fingerprint density at radius 2 is 2.32 bits per heavy atom. The summed E-state index contributed by atoms with van der Waals surface area (Å²) in [5.74, 6) is -1.06. The summed E-state index contributed by atoms with van der Waals surface area (Å²) in [7, 11) is 1.81. The van der Waals surface area contributed by atoms with Crippen molar-refractivity contribution < 1.29 is 14.3 Å². The van der Waals surface area contributed by atoms with E-state index in [9.17, 15) is 14.3 Å². The van der Waals surface area contributed by atoms with E-state index >= 15 is 0 Å². The molecule has 22 heavy (non-hydrogen) atoms. The fourth-order valence-corrected chi connectivity index (χ4v) is 2.86. The van der Waals surface area contributed by atoms with Crippen LogP contribution in [0.15, 0.2) is 30.9 Å². The van der Waals surface area contributed by atoms with Crippen LogP contribution in [0.5, 0.6) is 0 Å². The molecular weight excluding hydrogens is 287 g/mol. The van der Waals surface area contributed by atoms with Crippen LogP contribution in [0.2, 0.25) is 0 Å². The van der Waals surface area contributed by atoms with E-state index in [4.69, 9.17) is 0 Å². The van der Waals surface area contributed by atoms with Crippen LogP contribution >= 0.6 is 0 Å². The Hall–Kier alpha value is -2.28. The second-order valence-corrected chi connectivity index (χ2v) is 5.50. The van der Waals surface area contributed by atoms with E-state index in [0.29, 0.717) is 19.4 Å². The number of nitrogens with zero attached hydrogens (tertiary/aromatic N) is 4. The number of hydrogen-bond donors (Lipinski definition) is 1. The van der Waals surface area contributed by atoms with Crippen LogP contribution < -0.4 is 0 Å². The molecule has 116 valence electrons. The van der Waals surface area contributed by atoms with Gasteiger partial charge in [-0.25, -0.2) is 4.39 Å². The molecule has 2 atom stereocenters. The number of hydrogen-bond acceptors (Lipinski definition) is 4. The number of likely N-dealkylation sites (tertiary alicyclic amines) is 1. The molecule has 1 N–H and O–H groups in total. The first-order valence-electron chi connectivity index (χ1n) is 7.12. The third-order valence-corrected chi connectivity index (χ3v) is 3.98. The molecule has 0 saturated carbocycles. The number of carbonyl (C=O) groups is 1. The van der Waals surface area contributed by atoms with Gasteiger partial charge in [0.05, 0.1) is 30.1 Å².